The Morgan fingerprint density at radius 3 is 2.50 bits per heavy atom. The number of carboxylic acid groups (broad SMARTS) is 1. The number of H-pyrrole nitrogens is 1. The van der Waals surface area contributed by atoms with E-state index in [9.17, 15) is 9.59 Å². The van der Waals surface area contributed by atoms with Crippen molar-refractivity contribution in [1.82, 2.24) is 15.3 Å². The highest BCUT2D eigenvalue weighted by Gasteiger charge is 2.43. The van der Waals surface area contributed by atoms with Crippen molar-refractivity contribution in [1.29, 1.82) is 0 Å². The first kappa shape index (κ1) is 14.6. The molecular formula is C14H21N3O3. The molecule has 0 radical (unpaired) electrons. The number of nitrogens with zero attached hydrogens (tertiary/aromatic N) is 1. The van der Waals surface area contributed by atoms with Crippen molar-refractivity contribution >= 4 is 11.9 Å². The van der Waals surface area contributed by atoms with Crippen LogP contribution in [0.4, 0.5) is 0 Å². The van der Waals surface area contributed by atoms with Gasteiger partial charge in [-0.15, -0.1) is 0 Å². The smallest absolute Gasteiger partial charge is 0.353 e. The highest BCUT2D eigenvalue weighted by molar-refractivity contribution is 5.85. The van der Waals surface area contributed by atoms with E-state index in [2.05, 4.69) is 15.3 Å². The SMILES string of the molecule is CCC(CC)C(=O)NC1(c2ncc(C(=O)O)[nH]2)CCC1. The molecule has 0 spiro atoms. The predicted molar refractivity (Wildman–Crippen MR) is 73.3 cm³/mol. The predicted octanol–water partition coefficient (Wildman–Crippen LogP) is 2.04. The van der Waals surface area contributed by atoms with Crippen LogP contribution in [0.1, 0.15) is 62.3 Å². The minimum Gasteiger partial charge on any atom is -0.477 e. The van der Waals surface area contributed by atoms with Crippen molar-refractivity contribution in [2.24, 2.45) is 5.92 Å². The lowest BCUT2D eigenvalue weighted by atomic mass is 9.75. The van der Waals surface area contributed by atoms with Gasteiger partial charge in [-0.1, -0.05) is 13.8 Å². The number of nitrogens with one attached hydrogen (secondary N) is 2. The summed E-state index contributed by atoms with van der Waals surface area (Å²) in [6, 6.07) is 0. The first-order chi connectivity index (χ1) is 9.52. The number of carbonyl (C=O) groups excluding carboxylic acids is 1. The number of aromatic amines is 1. The topological polar surface area (TPSA) is 95.1 Å². The first-order valence-corrected chi connectivity index (χ1v) is 7.13. The number of amides is 1. The zero-order valence-electron chi connectivity index (χ0n) is 11.9. The summed E-state index contributed by atoms with van der Waals surface area (Å²) in [6.07, 6.45) is 5.51. The van der Waals surface area contributed by atoms with Crippen LogP contribution in [0.15, 0.2) is 6.20 Å². The quantitative estimate of drug-likeness (QED) is 0.742. The highest BCUT2D eigenvalue weighted by atomic mass is 16.4. The van der Waals surface area contributed by atoms with Crippen LogP contribution >= 0.6 is 0 Å². The van der Waals surface area contributed by atoms with Gasteiger partial charge in [0.1, 0.15) is 11.5 Å². The zero-order valence-corrected chi connectivity index (χ0v) is 11.9. The summed E-state index contributed by atoms with van der Waals surface area (Å²) in [5.41, 5.74) is -0.448. The Kier molecular flexibility index (Phi) is 4.11. The number of imidazole rings is 1. The van der Waals surface area contributed by atoms with Gasteiger partial charge < -0.3 is 15.4 Å². The number of aromatic carboxylic acids is 1. The molecule has 20 heavy (non-hydrogen) atoms. The summed E-state index contributed by atoms with van der Waals surface area (Å²) in [4.78, 5) is 30.1. The van der Waals surface area contributed by atoms with Crippen LogP contribution < -0.4 is 5.32 Å². The first-order valence-electron chi connectivity index (χ1n) is 7.13. The standard InChI is InChI=1S/C14H21N3O3/c1-3-9(4-2)11(18)17-14(6-5-7-14)13-15-8-10(16-13)12(19)20/h8-9H,3-7H2,1-2H3,(H,15,16)(H,17,18)(H,19,20). The third-order valence-corrected chi connectivity index (χ3v) is 4.19. The van der Waals surface area contributed by atoms with E-state index in [0.29, 0.717) is 5.82 Å². The Balaban J connectivity index is 2.16. The molecule has 1 amide bonds. The van der Waals surface area contributed by atoms with Crippen molar-refractivity contribution in [3.05, 3.63) is 17.7 Å². The molecule has 2 rings (SSSR count). The molecule has 6 nitrogen and oxygen atoms in total. The summed E-state index contributed by atoms with van der Waals surface area (Å²) >= 11 is 0. The van der Waals surface area contributed by atoms with E-state index in [1.165, 1.54) is 6.20 Å². The molecule has 0 unspecified atom stereocenters. The van der Waals surface area contributed by atoms with Crippen LogP contribution in [0.5, 0.6) is 0 Å². The van der Waals surface area contributed by atoms with Crippen molar-refractivity contribution in [3.63, 3.8) is 0 Å². The van der Waals surface area contributed by atoms with Gasteiger partial charge in [-0.05, 0) is 32.1 Å². The Morgan fingerprint density at radius 2 is 2.10 bits per heavy atom. The zero-order chi connectivity index (χ0) is 14.8. The second-order valence-corrected chi connectivity index (χ2v) is 5.39. The maximum atomic E-state index is 12.3. The van der Waals surface area contributed by atoms with E-state index < -0.39 is 11.5 Å². The number of rotatable bonds is 6. The molecule has 0 aromatic carbocycles. The fourth-order valence-electron chi connectivity index (χ4n) is 2.62. The Hall–Kier alpha value is -1.85. The molecule has 1 aliphatic carbocycles. The Labute approximate surface area is 118 Å². The van der Waals surface area contributed by atoms with Gasteiger partial charge in [0.25, 0.3) is 0 Å². The molecule has 0 bridgehead atoms. The summed E-state index contributed by atoms with van der Waals surface area (Å²) in [5, 5.41) is 12.0. The van der Waals surface area contributed by atoms with Crippen LogP contribution in [0.3, 0.4) is 0 Å². The molecular weight excluding hydrogens is 258 g/mol. The number of carbonyl (C=O) groups is 2. The molecule has 1 saturated carbocycles. The lowest BCUT2D eigenvalue weighted by Gasteiger charge is -2.41. The van der Waals surface area contributed by atoms with Gasteiger partial charge >= 0.3 is 5.97 Å². The number of aromatic nitrogens is 2. The fraction of sp³-hybridized carbons (Fsp3) is 0.643. The van der Waals surface area contributed by atoms with Crippen LogP contribution in [0, 0.1) is 5.92 Å². The molecule has 1 aromatic heterocycles. The third-order valence-electron chi connectivity index (χ3n) is 4.19. The van der Waals surface area contributed by atoms with Gasteiger partial charge in [0.15, 0.2) is 0 Å². The van der Waals surface area contributed by atoms with E-state index in [4.69, 9.17) is 5.11 Å². The van der Waals surface area contributed by atoms with Gasteiger partial charge in [-0.3, -0.25) is 4.79 Å². The molecule has 0 aliphatic heterocycles. The molecule has 0 saturated heterocycles. The van der Waals surface area contributed by atoms with Crippen LogP contribution in [-0.4, -0.2) is 27.0 Å². The Bertz CT molecular complexity index is 502. The number of hydrogen-bond acceptors (Lipinski definition) is 3. The van der Waals surface area contributed by atoms with E-state index in [1.54, 1.807) is 0 Å². The minimum atomic E-state index is -1.04. The summed E-state index contributed by atoms with van der Waals surface area (Å²) in [5.74, 6) is -0.450. The average molecular weight is 279 g/mol. The largest absolute Gasteiger partial charge is 0.477 e. The van der Waals surface area contributed by atoms with E-state index in [0.717, 1.165) is 32.1 Å². The van der Waals surface area contributed by atoms with Crippen LogP contribution in [0.2, 0.25) is 0 Å². The highest BCUT2D eigenvalue weighted by Crippen LogP contribution is 2.40. The monoisotopic (exact) mass is 279 g/mol. The van der Waals surface area contributed by atoms with E-state index >= 15 is 0 Å². The normalized spacial score (nSPS) is 16.8. The van der Waals surface area contributed by atoms with Gasteiger partial charge in [-0.2, -0.15) is 0 Å². The Morgan fingerprint density at radius 1 is 1.45 bits per heavy atom. The van der Waals surface area contributed by atoms with Crippen LogP contribution in [-0.2, 0) is 10.3 Å². The molecule has 1 heterocycles. The number of hydrogen-bond donors (Lipinski definition) is 3. The molecule has 6 heteroatoms. The lowest BCUT2D eigenvalue weighted by molar-refractivity contribution is -0.128. The van der Waals surface area contributed by atoms with Gasteiger partial charge in [0.2, 0.25) is 5.91 Å². The fourth-order valence-corrected chi connectivity index (χ4v) is 2.62. The van der Waals surface area contributed by atoms with Crippen molar-refractivity contribution in [2.45, 2.75) is 51.5 Å². The van der Waals surface area contributed by atoms with E-state index in [1.807, 2.05) is 13.8 Å². The summed E-state index contributed by atoms with van der Waals surface area (Å²) in [7, 11) is 0. The minimum absolute atomic E-state index is 0.00128. The van der Waals surface area contributed by atoms with Crippen LogP contribution in [0.25, 0.3) is 0 Å². The van der Waals surface area contributed by atoms with Crippen molar-refractivity contribution in [2.75, 3.05) is 0 Å². The van der Waals surface area contributed by atoms with Gasteiger partial charge in [0, 0.05) is 5.92 Å². The van der Waals surface area contributed by atoms with E-state index in [-0.39, 0.29) is 17.5 Å². The molecule has 110 valence electrons. The van der Waals surface area contributed by atoms with Gasteiger partial charge in [0.05, 0.1) is 11.7 Å². The summed E-state index contributed by atoms with van der Waals surface area (Å²) < 4.78 is 0. The maximum Gasteiger partial charge on any atom is 0.353 e. The second kappa shape index (κ2) is 5.64. The summed E-state index contributed by atoms with van der Waals surface area (Å²) in [6.45, 7) is 3.99. The lowest BCUT2D eigenvalue weighted by Crippen LogP contribution is -2.53. The van der Waals surface area contributed by atoms with Crippen molar-refractivity contribution < 1.29 is 14.7 Å². The molecule has 1 aromatic rings. The van der Waals surface area contributed by atoms with Gasteiger partial charge in [-0.25, -0.2) is 9.78 Å². The van der Waals surface area contributed by atoms with Crippen molar-refractivity contribution in [3.8, 4) is 0 Å². The molecule has 1 fully saturated rings. The third kappa shape index (κ3) is 2.55. The average Bonchev–Trinajstić information content (AvgIpc) is 2.85. The molecule has 3 N–H and O–H groups in total. The molecule has 0 atom stereocenters. The number of carboxylic acids is 1. The maximum absolute atomic E-state index is 12.3. The second-order valence-electron chi connectivity index (χ2n) is 5.39. The molecule has 1 aliphatic rings.